The normalized spacial score (nSPS) is 25.2. The number of nitrogens with zero attached hydrogens (tertiary/aromatic N) is 1. The van der Waals surface area contributed by atoms with Gasteiger partial charge in [0.05, 0.1) is 12.0 Å². The van der Waals surface area contributed by atoms with E-state index in [1.165, 1.54) is 12.1 Å². The van der Waals surface area contributed by atoms with Crippen molar-refractivity contribution in [3.8, 4) is 5.75 Å². The first-order valence-corrected chi connectivity index (χ1v) is 11.3. The number of aliphatic hydroxyl groups excluding tert-OH is 2. The molecule has 3 aliphatic rings. The smallest absolute Gasteiger partial charge is 0.255 e. The second-order valence-electron chi connectivity index (χ2n) is 9.31. The summed E-state index contributed by atoms with van der Waals surface area (Å²) in [6.07, 6.45) is 1.18. The molecule has 0 spiro atoms. The average molecular weight is 490 g/mol. The molecular formula is C26H22N2O8. The number of rotatable bonds is 4. The number of primary amides is 1. The summed E-state index contributed by atoms with van der Waals surface area (Å²) >= 11 is 0. The lowest BCUT2D eigenvalue weighted by molar-refractivity contribution is -0.147. The average Bonchev–Trinajstić information content (AvgIpc) is 2.82. The molecule has 1 aromatic heterocycles. The summed E-state index contributed by atoms with van der Waals surface area (Å²) in [6.45, 7) is 0. The number of aromatic nitrogens is 1. The lowest BCUT2D eigenvalue weighted by atomic mass is 9.59. The number of nitrogens with two attached hydrogens (primary N) is 1. The van der Waals surface area contributed by atoms with Crippen LogP contribution in [0.15, 0.2) is 53.4 Å². The van der Waals surface area contributed by atoms with Crippen molar-refractivity contribution in [2.24, 2.45) is 17.6 Å². The van der Waals surface area contributed by atoms with Crippen molar-refractivity contribution in [3.05, 3.63) is 75.8 Å². The molecule has 10 nitrogen and oxygen atoms in total. The van der Waals surface area contributed by atoms with Gasteiger partial charge in [0.1, 0.15) is 22.8 Å². The lowest BCUT2D eigenvalue weighted by Gasteiger charge is -2.46. The Hall–Kier alpha value is -4.31. The first-order chi connectivity index (χ1) is 17.1. The number of fused-ring (bicyclic) bond motifs is 3. The van der Waals surface area contributed by atoms with Crippen LogP contribution in [-0.2, 0) is 27.2 Å². The summed E-state index contributed by atoms with van der Waals surface area (Å²) in [4.78, 5) is 55.0. The van der Waals surface area contributed by atoms with Crippen LogP contribution in [0.2, 0.25) is 0 Å². The zero-order chi connectivity index (χ0) is 25.9. The van der Waals surface area contributed by atoms with Gasteiger partial charge in [-0.1, -0.05) is 6.07 Å². The van der Waals surface area contributed by atoms with E-state index in [1.54, 1.807) is 24.4 Å². The molecule has 184 valence electrons. The number of phenols is 1. The van der Waals surface area contributed by atoms with Crippen LogP contribution in [0.1, 0.15) is 40.0 Å². The Bertz CT molecular complexity index is 1420. The Kier molecular flexibility index (Phi) is 5.29. The van der Waals surface area contributed by atoms with E-state index in [-0.39, 0.29) is 47.5 Å². The van der Waals surface area contributed by atoms with Crippen molar-refractivity contribution in [2.75, 3.05) is 0 Å². The highest BCUT2D eigenvalue weighted by atomic mass is 16.3. The molecule has 0 radical (unpaired) electrons. The Labute approximate surface area is 204 Å². The quantitative estimate of drug-likeness (QED) is 0.310. The van der Waals surface area contributed by atoms with E-state index >= 15 is 0 Å². The second kappa shape index (κ2) is 8.13. The highest BCUT2D eigenvalue weighted by molar-refractivity contribution is 6.22. The van der Waals surface area contributed by atoms with Crippen molar-refractivity contribution >= 4 is 29.0 Å². The molecule has 3 atom stereocenters. The van der Waals surface area contributed by atoms with E-state index in [0.29, 0.717) is 11.3 Å². The van der Waals surface area contributed by atoms with Gasteiger partial charge in [0.25, 0.3) is 5.91 Å². The number of carbonyl (C=O) groups excluding carboxylic acids is 4. The fraction of sp³-hybridized carbons (Fsp3) is 0.269. The van der Waals surface area contributed by atoms with Crippen LogP contribution in [-0.4, -0.2) is 54.3 Å². The summed E-state index contributed by atoms with van der Waals surface area (Å²) in [5.41, 5.74) is 2.45. The van der Waals surface area contributed by atoms with Crippen LogP contribution < -0.4 is 5.73 Å². The summed E-state index contributed by atoms with van der Waals surface area (Å²) in [7, 11) is 0. The summed E-state index contributed by atoms with van der Waals surface area (Å²) in [6, 6.07) is 7.83. The predicted octanol–water partition coefficient (Wildman–Crippen LogP) is 1.24. The molecule has 2 aromatic rings. The van der Waals surface area contributed by atoms with Crippen molar-refractivity contribution < 1.29 is 39.6 Å². The molecule has 0 bridgehead atoms. The van der Waals surface area contributed by atoms with Crippen molar-refractivity contribution in [1.82, 2.24) is 4.98 Å². The van der Waals surface area contributed by atoms with Crippen LogP contribution in [0.3, 0.4) is 0 Å². The first-order valence-electron chi connectivity index (χ1n) is 11.3. The number of aromatic hydroxyl groups is 1. The van der Waals surface area contributed by atoms with E-state index in [2.05, 4.69) is 4.98 Å². The molecule has 3 aliphatic carbocycles. The highest BCUT2D eigenvalue weighted by Gasteiger charge is 2.60. The number of hydrogen-bond acceptors (Lipinski definition) is 9. The van der Waals surface area contributed by atoms with Gasteiger partial charge in [-0.05, 0) is 48.6 Å². The standard InChI is InChI=1S/C26H22N2O8/c27-25(35)21-18(31)9-12-7-11-8-15-14(17(30)10-13-3-1-2-6-28-13)4-5-16(29)20(15)22(32)19(11)23(33)26(12,36)24(21)34/h1-6,11-12,29,32,34,36H,7-10H2,(H2,27,35)/t11-,12+,26+/m1/s1. The molecule has 0 saturated heterocycles. The Balaban J connectivity index is 1.62. The van der Waals surface area contributed by atoms with E-state index in [0.717, 1.165) is 0 Å². The van der Waals surface area contributed by atoms with Crippen LogP contribution in [0.25, 0.3) is 5.76 Å². The Morgan fingerprint density at radius 3 is 2.50 bits per heavy atom. The van der Waals surface area contributed by atoms with Crippen molar-refractivity contribution in [3.63, 3.8) is 0 Å². The third kappa shape index (κ3) is 3.25. The topological polar surface area (TPSA) is 188 Å². The second-order valence-corrected chi connectivity index (χ2v) is 9.31. The van der Waals surface area contributed by atoms with Crippen LogP contribution in [0.5, 0.6) is 5.75 Å². The van der Waals surface area contributed by atoms with Crippen LogP contribution >= 0.6 is 0 Å². The maximum Gasteiger partial charge on any atom is 0.255 e. The fourth-order valence-corrected chi connectivity index (χ4v) is 5.65. The van der Waals surface area contributed by atoms with E-state index in [4.69, 9.17) is 5.73 Å². The largest absolute Gasteiger partial charge is 0.508 e. The van der Waals surface area contributed by atoms with E-state index in [9.17, 15) is 39.6 Å². The van der Waals surface area contributed by atoms with Gasteiger partial charge in [-0.2, -0.15) is 0 Å². The fourth-order valence-electron chi connectivity index (χ4n) is 5.65. The van der Waals surface area contributed by atoms with Gasteiger partial charge in [-0.15, -0.1) is 0 Å². The van der Waals surface area contributed by atoms with Gasteiger partial charge in [0.2, 0.25) is 5.78 Å². The van der Waals surface area contributed by atoms with Gasteiger partial charge in [0.15, 0.2) is 17.2 Å². The third-order valence-electron chi connectivity index (χ3n) is 7.32. The van der Waals surface area contributed by atoms with Gasteiger partial charge in [0, 0.05) is 35.4 Å². The van der Waals surface area contributed by atoms with Crippen molar-refractivity contribution in [2.45, 2.75) is 31.3 Å². The Morgan fingerprint density at radius 2 is 1.83 bits per heavy atom. The minimum atomic E-state index is -2.63. The minimum Gasteiger partial charge on any atom is -0.508 e. The van der Waals surface area contributed by atoms with Gasteiger partial charge in [-0.3, -0.25) is 24.2 Å². The highest BCUT2D eigenvalue weighted by Crippen LogP contribution is 2.52. The number of phenolic OH excluding ortho intramolecular Hbond substituents is 1. The number of aliphatic hydroxyl groups is 3. The molecule has 5 rings (SSSR count). The maximum atomic E-state index is 13.5. The number of hydrogen-bond donors (Lipinski definition) is 5. The predicted molar refractivity (Wildman–Crippen MR) is 124 cm³/mol. The molecule has 6 N–H and O–H groups in total. The molecule has 0 aliphatic heterocycles. The number of pyridine rings is 1. The number of amides is 1. The number of benzene rings is 1. The zero-order valence-corrected chi connectivity index (χ0v) is 18.9. The summed E-state index contributed by atoms with van der Waals surface area (Å²) in [5.74, 6) is -7.38. The van der Waals surface area contributed by atoms with Crippen molar-refractivity contribution in [1.29, 1.82) is 0 Å². The minimum absolute atomic E-state index is 0.00750. The monoisotopic (exact) mass is 490 g/mol. The van der Waals surface area contributed by atoms with Crippen LogP contribution in [0, 0.1) is 11.8 Å². The molecule has 0 unspecified atom stereocenters. The number of carbonyl (C=O) groups is 4. The maximum absolute atomic E-state index is 13.5. The van der Waals surface area contributed by atoms with Gasteiger partial charge >= 0.3 is 0 Å². The molecule has 1 saturated carbocycles. The molecule has 1 aromatic carbocycles. The van der Waals surface area contributed by atoms with E-state index in [1.807, 2.05) is 0 Å². The summed E-state index contributed by atoms with van der Waals surface area (Å²) in [5, 5.41) is 43.5. The molecular weight excluding hydrogens is 468 g/mol. The van der Waals surface area contributed by atoms with Gasteiger partial charge in [-0.25, -0.2) is 0 Å². The van der Waals surface area contributed by atoms with Crippen LogP contribution in [0.4, 0.5) is 0 Å². The molecule has 1 amide bonds. The molecule has 36 heavy (non-hydrogen) atoms. The number of ketones is 3. The molecule has 1 heterocycles. The molecule has 1 fully saturated rings. The Morgan fingerprint density at radius 1 is 1.08 bits per heavy atom. The third-order valence-corrected chi connectivity index (χ3v) is 7.32. The zero-order valence-electron chi connectivity index (χ0n) is 18.9. The van der Waals surface area contributed by atoms with Gasteiger partial charge < -0.3 is 26.2 Å². The summed E-state index contributed by atoms with van der Waals surface area (Å²) < 4.78 is 0. The first kappa shape index (κ1) is 23.4. The molecule has 10 heteroatoms. The van der Waals surface area contributed by atoms with E-state index < -0.39 is 58.4 Å². The number of Topliss-reactive ketones (excluding diaryl/α,β-unsaturated/α-hetero) is 3. The SMILES string of the molecule is NC(=O)C1=C(O)[C@@]2(O)C(=O)C3=C(O)c4c(O)ccc(C(=O)Cc5ccccn5)c4C[C@H]3C[C@H]2CC1=O. The lowest BCUT2D eigenvalue weighted by Crippen LogP contribution is -2.58.